The molecule has 1 aromatic rings. The summed E-state index contributed by atoms with van der Waals surface area (Å²) in [5.74, 6) is -0.609. The summed E-state index contributed by atoms with van der Waals surface area (Å²) in [4.78, 5) is 28.4. The van der Waals surface area contributed by atoms with Crippen LogP contribution < -0.4 is 0 Å². The number of ether oxygens (including phenoxy) is 1. The number of carbonyl (C=O) groups is 2. The van der Waals surface area contributed by atoms with Gasteiger partial charge in [-0.05, 0) is 37.0 Å². The van der Waals surface area contributed by atoms with E-state index in [1.54, 1.807) is 34.1 Å². The first kappa shape index (κ1) is 21.2. The first-order chi connectivity index (χ1) is 14.3. The SMILES string of the molecule is COC1CC(F)C(F)CC1c1ccc(C(=O)N2CCN(C(=O)C3(O)CC3)CC2)cc1. The quantitative estimate of drug-likeness (QED) is 0.807. The first-order valence-electron chi connectivity index (χ1n) is 10.5. The fraction of sp³-hybridized carbons (Fsp3) is 0.636. The minimum Gasteiger partial charge on any atom is -0.381 e. The van der Waals surface area contributed by atoms with Crippen molar-refractivity contribution in [2.45, 2.75) is 55.6 Å². The topological polar surface area (TPSA) is 70.1 Å². The van der Waals surface area contributed by atoms with E-state index in [-0.39, 0.29) is 36.7 Å². The Bertz CT molecular complexity index is 791. The Morgan fingerprint density at radius 2 is 1.57 bits per heavy atom. The molecule has 2 saturated carbocycles. The summed E-state index contributed by atoms with van der Waals surface area (Å²) in [5.41, 5.74) is 0.174. The van der Waals surface area contributed by atoms with Gasteiger partial charge in [-0.15, -0.1) is 0 Å². The van der Waals surface area contributed by atoms with Crippen LogP contribution in [-0.2, 0) is 9.53 Å². The van der Waals surface area contributed by atoms with Crippen molar-refractivity contribution in [1.82, 2.24) is 9.80 Å². The molecule has 8 heteroatoms. The van der Waals surface area contributed by atoms with Crippen LogP contribution in [-0.4, -0.2) is 84.1 Å². The van der Waals surface area contributed by atoms with E-state index >= 15 is 0 Å². The lowest BCUT2D eigenvalue weighted by Crippen LogP contribution is -2.53. The van der Waals surface area contributed by atoms with Crippen molar-refractivity contribution in [3.8, 4) is 0 Å². The average molecular weight is 422 g/mol. The average Bonchev–Trinajstić information content (AvgIpc) is 3.53. The number of alkyl halides is 2. The monoisotopic (exact) mass is 422 g/mol. The molecule has 1 aromatic carbocycles. The molecule has 1 heterocycles. The number of nitrogens with zero attached hydrogens (tertiary/aromatic N) is 2. The highest BCUT2D eigenvalue weighted by Crippen LogP contribution is 2.38. The second kappa shape index (κ2) is 8.23. The van der Waals surface area contributed by atoms with Crippen LogP contribution in [0.5, 0.6) is 0 Å². The summed E-state index contributed by atoms with van der Waals surface area (Å²) in [6, 6.07) is 7.00. The van der Waals surface area contributed by atoms with Crippen molar-refractivity contribution < 1.29 is 28.2 Å². The van der Waals surface area contributed by atoms with Crippen LogP contribution in [0.4, 0.5) is 8.78 Å². The second-order valence-corrected chi connectivity index (χ2v) is 8.62. The number of hydrogen-bond acceptors (Lipinski definition) is 4. The van der Waals surface area contributed by atoms with Gasteiger partial charge in [0.1, 0.15) is 17.9 Å². The molecule has 30 heavy (non-hydrogen) atoms. The van der Waals surface area contributed by atoms with Gasteiger partial charge in [0.2, 0.25) is 0 Å². The van der Waals surface area contributed by atoms with Gasteiger partial charge in [-0.25, -0.2) is 8.78 Å². The fourth-order valence-corrected chi connectivity index (χ4v) is 4.48. The maximum atomic E-state index is 13.9. The number of carbonyl (C=O) groups excluding carboxylic acids is 2. The Hall–Kier alpha value is -2.06. The lowest BCUT2D eigenvalue weighted by atomic mass is 9.79. The van der Waals surface area contributed by atoms with Crippen molar-refractivity contribution in [3.63, 3.8) is 0 Å². The maximum Gasteiger partial charge on any atom is 0.254 e. The number of hydrogen-bond donors (Lipinski definition) is 1. The zero-order valence-corrected chi connectivity index (χ0v) is 17.1. The van der Waals surface area contributed by atoms with Gasteiger partial charge in [-0.3, -0.25) is 9.59 Å². The predicted molar refractivity (Wildman–Crippen MR) is 106 cm³/mol. The molecule has 1 saturated heterocycles. The maximum absolute atomic E-state index is 13.9. The summed E-state index contributed by atoms with van der Waals surface area (Å²) in [6.45, 7) is 1.64. The molecule has 3 fully saturated rings. The van der Waals surface area contributed by atoms with Crippen LogP contribution >= 0.6 is 0 Å². The molecule has 0 radical (unpaired) electrons. The molecule has 0 bridgehead atoms. The number of piperazine rings is 1. The standard InChI is InChI=1S/C22H28F2N2O4/c1-30-19-13-18(24)17(23)12-16(19)14-2-4-15(5-3-14)20(27)25-8-10-26(11-9-25)21(28)22(29)6-7-22/h2-5,16-19,29H,6-13H2,1H3. The van der Waals surface area contributed by atoms with Crippen molar-refractivity contribution in [2.24, 2.45) is 0 Å². The van der Waals surface area contributed by atoms with E-state index in [4.69, 9.17) is 4.74 Å². The lowest BCUT2D eigenvalue weighted by molar-refractivity contribution is -0.143. The molecule has 4 rings (SSSR count). The van der Waals surface area contributed by atoms with Crippen molar-refractivity contribution in [1.29, 1.82) is 0 Å². The van der Waals surface area contributed by atoms with Crippen LogP contribution in [0.25, 0.3) is 0 Å². The van der Waals surface area contributed by atoms with Crippen molar-refractivity contribution in [3.05, 3.63) is 35.4 Å². The van der Waals surface area contributed by atoms with Crippen LogP contribution in [0, 0.1) is 0 Å². The van der Waals surface area contributed by atoms with Crippen LogP contribution in [0.3, 0.4) is 0 Å². The van der Waals surface area contributed by atoms with Gasteiger partial charge in [0.25, 0.3) is 11.8 Å². The van der Waals surface area contributed by atoms with Gasteiger partial charge in [-0.1, -0.05) is 12.1 Å². The van der Waals surface area contributed by atoms with Gasteiger partial charge >= 0.3 is 0 Å². The van der Waals surface area contributed by atoms with E-state index in [0.717, 1.165) is 5.56 Å². The third-order valence-corrected chi connectivity index (χ3v) is 6.64. The van der Waals surface area contributed by atoms with E-state index in [1.165, 1.54) is 7.11 Å². The Balaban J connectivity index is 1.37. The molecule has 4 atom stereocenters. The largest absolute Gasteiger partial charge is 0.381 e. The van der Waals surface area contributed by atoms with E-state index in [2.05, 4.69) is 0 Å². The van der Waals surface area contributed by atoms with Crippen LogP contribution in [0.2, 0.25) is 0 Å². The smallest absolute Gasteiger partial charge is 0.254 e. The van der Waals surface area contributed by atoms with E-state index < -0.39 is 17.9 Å². The van der Waals surface area contributed by atoms with E-state index in [9.17, 15) is 23.5 Å². The molecule has 2 amide bonds. The molecule has 4 unspecified atom stereocenters. The molecule has 1 N–H and O–H groups in total. The summed E-state index contributed by atoms with van der Waals surface area (Å²) < 4.78 is 33.0. The summed E-state index contributed by atoms with van der Waals surface area (Å²) >= 11 is 0. The number of methoxy groups -OCH3 is 1. The molecule has 1 aliphatic heterocycles. The summed E-state index contributed by atoms with van der Waals surface area (Å²) in [5, 5.41) is 9.98. The molecule has 164 valence electrons. The van der Waals surface area contributed by atoms with Gasteiger partial charge in [-0.2, -0.15) is 0 Å². The first-order valence-corrected chi connectivity index (χ1v) is 10.5. The highest BCUT2D eigenvalue weighted by Gasteiger charge is 2.50. The number of amides is 2. The van der Waals surface area contributed by atoms with E-state index in [0.29, 0.717) is 44.6 Å². The number of rotatable bonds is 4. The fourth-order valence-electron chi connectivity index (χ4n) is 4.48. The predicted octanol–water partition coefficient (Wildman–Crippen LogP) is 2.06. The Morgan fingerprint density at radius 1 is 1.00 bits per heavy atom. The summed E-state index contributed by atoms with van der Waals surface area (Å²) in [6.07, 6.45) is -2.28. The highest BCUT2D eigenvalue weighted by molar-refractivity contribution is 5.94. The molecule has 0 spiro atoms. The normalized spacial score (nSPS) is 30.8. The van der Waals surface area contributed by atoms with E-state index in [1.807, 2.05) is 0 Å². The zero-order chi connectivity index (χ0) is 21.5. The number of halogens is 2. The van der Waals surface area contributed by atoms with Crippen molar-refractivity contribution in [2.75, 3.05) is 33.3 Å². The zero-order valence-electron chi connectivity index (χ0n) is 17.1. The van der Waals surface area contributed by atoms with Crippen LogP contribution in [0.15, 0.2) is 24.3 Å². The third kappa shape index (κ3) is 4.07. The molecule has 6 nitrogen and oxygen atoms in total. The van der Waals surface area contributed by atoms with Gasteiger partial charge in [0.05, 0.1) is 6.10 Å². The van der Waals surface area contributed by atoms with Gasteiger partial charge in [0, 0.05) is 51.2 Å². The molecule has 0 aromatic heterocycles. The third-order valence-electron chi connectivity index (χ3n) is 6.64. The number of benzene rings is 1. The molecule has 3 aliphatic rings. The Kier molecular flexibility index (Phi) is 5.81. The van der Waals surface area contributed by atoms with Gasteiger partial charge < -0.3 is 19.6 Å². The Labute approximate surface area is 174 Å². The molecular formula is C22H28F2N2O4. The minimum atomic E-state index is -1.50. The van der Waals surface area contributed by atoms with Crippen LogP contribution in [0.1, 0.15) is 47.5 Å². The van der Waals surface area contributed by atoms with Gasteiger partial charge in [0.15, 0.2) is 0 Å². The second-order valence-electron chi connectivity index (χ2n) is 8.62. The van der Waals surface area contributed by atoms with Crippen molar-refractivity contribution >= 4 is 11.8 Å². The number of aliphatic hydroxyl groups is 1. The minimum absolute atomic E-state index is 0.0289. The lowest BCUT2D eigenvalue weighted by Gasteiger charge is -2.36. The Morgan fingerprint density at radius 3 is 2.13 bits per heavy atom. The molecular weight excluding hydrogens is 394 g/mol. The molecule has 2 aliphatic carbocycles. The highest BCUT2D eigenvalue weighted by atomic mass is 19.2. The summed E-state index contributed by atoms with van der Waals surface area (Å²) in [7, 11) is 1.51.